The number of aromatic nitrogens is 4. The topological polar surface area (TPSA) is 93.8 Å². The molecule has 3 rings (SSSR count). The third-order valence-corrected chi connectivity index (χ3v) is 4.06. The van der Waals surface area contributed by atoms with E-state index in [1.807, 2.05) is 25.1 Å². The van der Waals surface area contributed by atoms with E-state index >= 15 is 0 Å². The van der Waals surface area contributed by atoms with Crippen LogP contribution in [0.1, 0.15) is 33.5 Å². The second kappa shape index (κ2) is 7.22. The number of anilines is 2. The summed E-state index contributed by atoms with van der Waals surface area (Å²) in [7, 11) is 1.76. The summed E-state index contributed by atoms with van der Waals surface area (Å²) < 4.78 is 3.22. The highest BCUT2D eigenvalue weighted by Crippen LogP contribution is 2.18. The van der Waals surface area contributed by atoms with Gasteiger partial charge >= 0.3 is 0 Å². The summed E-state index contributed by atoms with van der Waals surface area (Å²) in [5, 5.41) is 13.9. The van der Waals surface area contributed by atoms with Crippen molar-refractivity contribution in [1.29, 1.82) is 0 Å². The van der Waals surface area contributed by atoms with Gasteiger partial charge in [-0.2, -0.15) is 10.2 Å². The average molecular weight is 352 g/mol. The van der Waals surface area contributed by atoms with Crippen molar-refractivity contribution in [2.45, 2.75) is 20.4 Å². The number of carbonyl (C=O) groups is 2. The van der Waals surface area contributed by atoms with E-state index in [4.69, 9.17) is 0 Å². The van der Waals surface area contributed by atoms with Crippen LogP contribution < -0.4 is 10.6 Å². The van der Waals surface area contributed by atoms with Gasteiger partial charge in [0.1, 0.15) is 0 Å². The minimum atomic E-state index is -0.387. The summed E-state index contributed by atoms with van der Waals surface area (Å²) >= 11 is 0. The first-order chi connectivity index (χ1) is 12.5. The zero-order valence-corrected chi connectivity index (χ0v) is 14.9. The smallest absolute Gasteiger partial charge is 0.278 e. The van der Waals surface area contributed by atoms with Crippen LogP contribution in [0, 0.1) is 6.92 Å². The monoisotopic (exact) mass is 352 g/mol. The lowest BCUT2D eigenvalue weighted by atomic mass is 10.2. The van der Waals surface area contributed by atoms with Crippen molar-refractivity contribution in [2.75, 3.05) is 10.6 Å². The van der Waals surface area contributed by atoms with Gasteiger partial charge in [-0.1, -0.05) is 18.2 Å². The SMILES string of the molecule is CCn1cc(NC(=O)c2cnn(C)c2C)c(C(=O)Nc2ccccc2)n1. The fraction of sp³-hybridized carbons (Fsp3) is 0.222. The van der Waals surface area contributed by atoms with Crippen LogP contribution in [0.2, 0.25) is 0 Å². The van der Waals surface area contributed by atoms with Crippen molar-refractivity contribution in [3.8, 4) is 0 Å². The number of nitrogens with zero attached hydrogens (tertiary/aromatic N) is 4. The summed E-state index contributed by atoms with van der Waals surface area (Å²) in [5.74, 6) is -0.721. The number of aryl methyl sites for hydroxylation is 2. The first kappa shape index (κ1) is 17.4. The van der Waals surface area contributed by atoms with Gasteiger partial charge in [-0.3, -0.25) is 19.0 Å². The quantitative estimate of drug-likeness (QED) is 0.737. The molecule has 8 nitrogen and oxygen atoms in total. The van der Waals surface area contributed by atoms with E-state index < -0.39 is 0 Å². The van der Waals surface area contributed by atoms with Crippen molar-refractivity contribution in [3.05, 3.63) is 59.7 Å². The second-order valence-electron chi connectivity index (χ2n) is 5.79. The van der Waals surface area contributed by atoms with Gasteiger partial charge in [0.15, 0.2) is 5.69 Å². The van der Waals surface area contributed by atoms with Gasteiger partial charge in [0.05, 0.1) is 17.4 Å². The van der Waals surface area contributed by atoms with Gasteiger partial charge in [0.25, 0.3) is 11.8 Å². The maximum Gasteiger partial charge on any atom is 0.278 e. The summed E-state index contributed by atoms with van der Waals surface area (Å²) in [6, 6.07) is 9.09. The highest BCUT2D eigenvalue weighted by Gasteiger charge is 2.21. The average Bonchev–Trinajstić information content (AvgIpc) is 3.19. The number of benzene rings is 1. The van der Waals surface area contributed by atoms with Crippen molar-refractivity contribution in [2.24, 2.45) is 7.05 Å². The summed E-state index contributed by atoms with van der Waals surface area (Å²) in [6.45, 7) is 4.29. The van der Waals surface area contributed by atoms with Crippen LogP contribution in [0.4, 0.5) is 11.4 Å². The molecule has 0 aliphatic heterocycles. The molecular weight excluding hydrogens is 332 g/mol. The highest BCUT2D eigenvalue weighted by molar-refractivity contribution is 6.11. The van der Waals surface area contributed by atoms with E-state index in [0.29, 0.717) is 23.5 Å². The Morgan fingerprint density at radius 2 is 1.85 bits per heavy atom. The molecule has 0 bridgehead atoms. The van der Waals surface area contributed by atoms with E-state index in [2.05, 4.69) is 20.8 Å². The van der Waals surface area contributed by atoms with E-state index in [9.17, 15) is 9.59 Å². The Hall–Kier alpha value is -3.42. The molecular formula is C18H20N6O2. The van der Waals surface area contributed by atoms with Gasteiger partial charge in [-0.05, 0) is 26.0 Å². The molecule has 3 aromatic rings. The Balaban J connectivity index is 1.85. The Labute approximate surface area is 150 Å². The minimum Gasteiger partial charge on any atom is -0.321 e. The Kier molecular flexibility index (Phi) is 4.83. The zero-order chi connectivity index (χ0) is 18.7. The number of nitrogens with one attached hydrogen (secondary N) is 2. The molecule has 0 fully saturated rings. The first-order valence-electron chi connectivity index (χ1n) is 8.23. The molecule has 2 N–H and O–H groups in total. The predicted octanol–water partition coefficient (Wildman–Crippen LogP) is 2.45. The lowest BCUT2D eigenvalue weighted by Gasteiger charge is -2.06. The highest BCUT2D eigenvalue weighted by atomic mass is 16.2. The number of hydrogen-bond donors (Lipinski definition) is 2. The Bertz CT molecular complexity index is 942. The fourth-order valence-corrected chi connectivity index (χ4v) is 2.47. The molecule has 0 saturated heterocycles. The molecule has 0 radical (unpaired) electrons. The van der Waals surface area contributed by atoms with E-state index in [0.717, 1.165) is 5.69 Å². The third-order valence-electron chi connectivity index (χ3n) is 4.06. The Morgan fingerprint density at radius 3 is 2.46 bits per heavy atom. The second-order valence-corrected chi connectivity index (χ2v) is 5.79. The number of carbonyl (C=O) groups excluding carboxylic acids is 2. The van der Waals surface area contributed by atoms with Crippen molar-refractivity contribution < 1.29 is 9.59 Å². The van der Waals surface area contributed by atoms with Crippen molar-refractivity contribution in [3.63, 3.8) is 0 Å². The first-order valence-corrected chi connectivity index (χ1v) is 8.23. The summed E-state index contributed by atoms with van der Waals surface area (Å²) in [5.41, 5.74) is 2.36. The van der Waals surface area contributed by atoms with E-state index in [-0.39, 0.29) is 17.5 Å². The molecule has 0 spiro atoms. The van der Waals surface area contributed by atoms with Crippen molar-refractivity contribution in [1.82, 2.24) is 19.6 Å². The molecule has 0 unspecified atom stereocenters. The number of hydrogen-bond acceptors (Lipinski definition) is 4. The third kappa shape index (κ3) is 3.49. The summed E-state index contributed by atoms with van der Waals surface area (Å²) in [6.07, 6.45) is 3.14. The molecule has 0 atom stereocenters. The van der Waals surface area contributed by atoms with Gasteiger partial charge in [-0.15, -0.1) is 0 Å². The van der Waals surface area contributed by atoms with Gasteiger partial charge in [0.2, 0.25) is 0 Å². The van der Waals surface area contributed by atoms with Gasteiger partial charge in [0, 0.05) is 31.2 Å². The van der Waals surface area contributed by atoms with Crippen molar-refractivity contribution >= 4 is 23.2 Å². The molecule has 26 heavy (non-hydrogen) atoms. The maximum atomic E-state index is 12.6. The van der Waals surface area contributed by atoms with Gasteiger partial charge < -0.3 is 10.6 Å². The fourth-order valence-electron chi connectivity index (χ4n) is 2.47. The standard InChI is InChI=1S/C18H20N6O2/c1-4-24-11-15(21-17(25)14-10-19-23(3)12(14)2)16(22-24)18(26)20-13-8-6-5-7-9-13/h5-11H,4H2,1-3H3,(H,20,26)(H,21,25). The number of rotatable bonds is 5. The minimum absolute atomic E-state index is 0.158. The number of para-hydroxylation sites is 1. The normalized spacial score (nSPS) is 10.6. The van der Waals surface area contributed by atoms with Crippen LogP contribution in [0.15, 0.2) is 42.7 Å². The molecule has 2 aromatic heterocycles. The van der Waals surface area contributed by atoms with Crippen LogP contribution in [0.3, 0.4) is 0 Å². The predicted molar refractivity (Wildman–Crippen MR) is 98.2 cm³/mol. The molecule has 1 aromatic carbocycles. The number of amides is 2. The van der Waals surface area contributed by atoms with Crippen LogP contribution in [0.5, 0.6) is 0 Å². The van der Waals surface area contributed by atoms with E-state index in [1.54, 1.807) is 41.7 Å². The van der Waals surface area contributed by atoms with Crippen LogP contribution in [-0.4, -0.2) is 31.4 Å². The maximum absolute atomic E-state index is 12.6. The molecule has 2 amide bonds. The molecule has 0 saturated carbocycles. The van der Waals surface area contributed by atoms with Crippen LogP contribution in [0.25, 0.3) is 0 Å². The van der Waals surface area contributed by atoms with E-state index in [1.165, 1.54) is 6.20 Å². The molecule has 134 valence electrons. The summed E-state index contributed by atoms with van der Waals surface area (Å²) in [4.78, 5) is 25.1. The largest absolute Gasteiger partial charge is 0.321 e. The lowest BCUT2D eigenvalue weighted by molar-refractivity contribution is 0.102. The lowest BCUT2D eigenvalue weighted by Crippen LogP contribution is -2.18. The molecule has 0 aliphatic rings. The molecule has 2 heterocycles. The van der Waals surface area contributed by atoms with Gasteiger partial charge in [-0.25, -0.2) is 0 Å². The Morgan fingerprint density at radius 1 is 1.12 bits per heavy atom. The molecule has 8 heteroatoms. The van der Waals surface area contributed by atoms with Crippen LogP contribution >= 0.6 is 0 Å². The molecule has 0 aliphatic carbocycles. The van der Waals surface area contributed by atoms with Crippen LogP contribution in [-0.2, 0) is 13.6 Å². The zero-order valence-electron chi connectivity index (χ0n) is 14.9.